The molecule has 8 heteroatoms. The molecule has 114 valence electrons. The Kier molecular flexibility index (Phi) is 4.69. The van der Waals surface area contributed by atoms with E-state index in [9.17, 15) is 14.9 Å². The van der Waals surface area contributed by atoms with Crippen molar-refractivity contribution in [3.05, 3.63) is 27.9 Å². The molecule has 1 aliphatic rings. The van der Waals surface area contributed by atoms with Crippen LogP contribution in [0.2, 0.25) is 0 Å². The first-order chi connectivity index (χ1) is 10.0. The topological polar surface area (TPSA) is 100 Å². The maximum absolute atomic E-state index is 12.3. The van der Waals surface area contributed by atoms with Crippen molar-refractivity contribution < 1.29 is 9.72 Å². The minimum atomic E-state index is -0.557. The lowest BCUT2D eigenvalue weighted by atomic mass is 10.0. The highest BCUT2D eigenvalue weighted by atomic mass is 16.6. The first-order valence-electron chi connectivity index (χ1n) is 6.83. The Hall–Kier alpha value is -2.22. The van der Waals surface area contributed by atoms with Crippen LogP contribution in [0.3, 0.4) is 0 Å². The van der Waals surface area contributed by atoms with Crippen molar-refractivity contribution in [1.29, 1.82) is 0 Å². The maximum Gasteiger partial charge on any atom is 0.288 e. The van der Waals surface area contributed by atoms with E-state index in [0.29, 0.717) is 5.82 Å². The normalized spacial score (nSPS) is 16.5. The molecule has 2 heterocycles. The number of carbonyl (C=O) groups excluding carboxylic acids is 1. The third kappa shape index (κ3) is 3.66. The first-order valence-corrected chi connectivity index (χ1v) is 6.83. The Labute approximate surface area is 122 Å². The van der Waals surface area contributed by atoms with Crippen LogP contribution >= 0.6 is 0 Å². The Morgan fingerprint density at radius 1 is 1.48 bits per heavy atom. The molecule has 1 aromatic heterocycles. The summed E-state index contributed by atoms with van der Waals surface area (Å²) in [6.45, 7) is 1.86. The van der Waals surface area contributed by atoms with Crippen molar-refractivity contribution >= 4 is 17.4 Å². The third-order valence-electron chi connectivity index (χ3n) is 3.62. The van der Waals surface area contributed by atoms with Crippen molar-refractivity contribution in [3.8, 4) is 0 Å². The van der Waals surface area contributed by atoms with Gasteiger partial charge in [-0.3, -0.25) is 14.9 Å². The van der Waals surface area contributed by atoms with E-state index in [1.807, 2.05) is 7.05 Å². The van der Waals surface area contributed by atoms with E-state index in [4.69, 9.17) is 0 Å². The number of carbonyl (C=O) groups is 1. The lowest BCUT2D eigenvalue weighted by Gasteiger charge is -2.29. The predicted molar refractivity (Wildman–Crippen MR) is 78.4 cm³/mol. The first kappa shape index (κ1) is 15.2. The molecule has 0 bridgehead atoms. The van der Waals surface area contributed by atoms with Crippen LogP contribution in [0.1, 0.15) is 23.2 Å². The number of rotatable bonds is 4. The van der Waals surface area contributed by atoms with Gasteiger partial charge in [-0.2, -0.15) is 0 Å². The zero-order valence-electron chi connectivity index (χ0n) is 12.1. The zero-order valence-corrected chi connectivity index (χ0v) is 12.1. The van der Waals surface area contributed by atoms with Gasteiger partial charge in [0.2, 0.25) is 0 Å². The van der Waals surface area contributed by atoms with Gasteiger partial charge in [0, 0.05) is 19.2 Å². The lowest BCUT2D eigenvalue weighted by molar-refractivity contribution is -0.385. The molecule has 0 atom stereocenters. The molecule has 21 heavy (non-hydrogen) atoms. The van der Waals surface area contributed by atoms with Crippen LogP contribution in [0, 0.1) is 10.1 Å². The molecule has 0 unspecified atom stereocenters. The summed E-state index contributed by atoms with van der Waals surface area (Å²) in [5.74, 6) is 0.0103. The fourth-order valence-corrected chi connectivity index (χ4v) is 2.34. The molecular formula is C13H19N5O3. The van der Waals surface area contributed by atoms with Crippen molar-refractivity contribution in [1.82, 2.24) is 15.2 Å². The van der Waals surface area contributed by atoms with Crippen LogP contribution in [0.25, 0.3) is 0 Å². The second kappa shape index (κ2) is 6.49. The van der Waals surface area contributed by atoms with Gasteiger partial charge in [0.05, 0.1) is 10.5 Å². The molecule has 0 spiro atoms. The van der Waals surface area contributed by atoms with E-state index in [1.165, 1.54) is 6.07 Å². The monoisotopic (exact) mass is 293 g/mol. The largest absolute Gasteiger partial charge is 0.372 e. The third-order valence-corrected chi connectivity index (χ3v) is 3.62. The quantitative estimate of drug-likeness (QED) is 0.630. The average Bonchev–Trinajstić information content (AvgIpc) is 2.48. The van der Waals surface area contributed by atoms with Crippen LogP contribution in [0.4, 0.5) is 11.5 Å². The van der Waals surface area contributed by atoms with Crippen LogP contribution in [-0.4, -0.2) is 53.9 Å². The molecule has 1 amide bonds. The highest BCUT2D eigenvalue weighted by Gasteiger charge is 2.22. The standard InChI is InChI=1S/C13H19N5O3/c1-14-12-11(7-10(8-15-12)18(20)21)13(19)16-9-3-5-17(2)6-4-9/h7-9H,3-6H2,1-2H3,(H,14,15)(H,16,19). The van der Waals surface area contributed by atoms with Gasteiger partial charge in [0.15, 0.2) is 0 Å². The van der Waals surface area contributed by atoms with Crippen molar-refractivity contribution in [3.63, 3.8) is 0 Å². The number of likely N-dealkylation sites (tertiary alicyclic amines) is 1. The number of nitro groups is 1. The summed E-state index contributed by atoms with van der Waals surface area (Å²) in [6.07, 6.45) is 2.89. The number of pyridine rings is 1. The summed E-state index contributed by atoms with van der Waals surface area (Å²) in [5.41, 5.74) is 0.00755. The molecule has 1 aliphatic heterocycles. The second-order valence-corrected chi connectivity index (χ2v) is 5.15. The van der Waals surface area contributed by atoms with E-state index in [0.717, 1.165) is 32.1 Å². The number of amides is 1. The Bertz CT molecular complexity index is 541. The lowest BCUT2D eigenvalue weighted by Crippen LogP contribution is -2.43. The predicted octanol–water partition coefficient (Wildman–Crippen LogP) is 0.855. The number of nitrogens with one attached hydrogen (secondary N) is 2. The Morgan fingerprint density at radius 3 is 2.71 bits per heavy atom. The molecule has 0 radical (unpaired) electrons. The van der Waals surface area contributed by atoms with Gasteiger partial charge < -0.3 is 15.5 Å². The Morgan fingerprint density at radius 2 is 2.14 bits per heavy atom. The van der Waals surface area contributed by atoms with Crippen LogP contribution in [0.15, 0.2) is 12.3 Å². The molecule has 0 aliphatic carbocycles. The van der Waals surface area contributed by atoms with E-state index in [-0.39, 0.29) is 23.2 Å². The number of hydrogen-bond acceptors (Lipinski definition) is 6. The smallest absolute Gasteiger partial charge is 0.288 e. The average molecular weight is 293 g/mol. The SMILES string of the molecule is CNc1ncc([N+](=O)[O-])cc1C(=O)NC1CCN(C)CC1. The van der Waals surface area contributed by atoms with E-state index in [2.05, 4.69) is 20.5 Å². The number of nitrogens with zero attached hydrogens (tertiary/aromatic N) is 3. The summed E-state index contributed by atoms with van der Waals surface area (Å²) < 4.78 is 0. The maximum atomic E-state index is 12.3. The highest BCUT2D eigenvalue weighted by molar-refractivity contribution is 5.99. The summed E-state index contributed by atoms with van der Waals surface area (Å²) in [4.78, 5) is 28.7. The number of anilines is 1. The Balaban J connectivity index is 2.13. The summed E-state index contributed by atoms with van der Waals surface area (Å²) in [7, 11) is 3.67. The van der Waals surface area contributed by atoms with Gasteiger partial charge >= 0.3 is 0 Å². The number of piperidine rings is 1. The van der Waals surface area contributed by atoms with Crippen LogP contribution in [0.5, 0.6) is 0 Å². The molecule has 1 fully saturated rings. The van der Waals surface area contributed by atoms with E-state index >= 15 is 0 Å². The highest BCUT2D eigenvalue weighted by Crippen LogP contribution is 2.19. The number of hydrogen-bond donors (Lipinski definition) is 2. The number of aromatic nitrogens is 1. The molecule has 0 saturated carbocycles. The van der Waals surface area contributed by atoms with Crippen molar-refractivity contribution in [2.75, 3.05) is 32.5 Å². The fourth-order valence-electron chi connectivity index (χ4n) is 2.34. The molecule has 1 aromatic rings. The van der Waals surface area contributed by atoms with Gasteiger partial charge in [0.25, 0.3) is 11.6 Å². The summed E-state index contributed by atoms with van der Waals surface area (Å²) in [6, 6.07) is 1.35. The van der Waals surface area contributed by atoms with E-state index in [1.54, 1.807) is 7.05 Å². The van der Waals surface area contributed by atoms with E-state index < -0.39 is 4.92 Å². The van der Waals surface area contributed by atoms with Gasteiger partial charge in [-0.05, 0) is 33.0 Å². The molecular weight excluding hydrogens is 274 g/mol. The fraction of sp³-hybridized carbons (Fsp3) is 0.538. The molecule has 2 N–H and O–H groups in total. The van der Waals surface area contributed by atoms with Crippen LogP contribution < -0.4 is 10.6 Å². The molecule has 2 rings (SSSR count). The van der Waals surface area contributed by atoms with Crippen molar-refractivity contribution in [2.45, 2.75) is 18.9 Å². The van der Waals surface area contributed by atoms with Gasteiger partial charge in [0.1, 0.15) is 12.0 Å². The zero-order chi connectivity index (χ0) is 15.4. The minimum absolute atomic E-state index is 0.0951. The molecule has 8 nitrogen and oxygen atoms in total. The van der Waals surface area contributed by atoms with Gasteiger partial charge in [-0.25, -0.2) is 4.98 Å². The van der Waals surface area contributed by atoms with Gasteiger partial charge in [-0.15, -0.1) is 0 Å². The summed E-state index contributed by atoms with van der Waals surface area (Å²) in [5, 5.41) is 16.5. The molecule has 1 saturated heterocycles. The molecule has 0 aromatic carbocycles. The van der Waals surface area contributed by atoms with Gasteiger partial charge in [-0.1, -0.05) is 0 Å². The minimum Gasteiger partial charge on any atom is -0.372 e. The second-order valence-electron chi connectivity index (χ2n) is 5.15. The summed E-state index contributed by atoms with van der Waals surface area (Å²) >= 11 is 0. The van der Waals surface area contributed by atoms with Crippen molar-refractivity contribution in [2.24, 2.45) is 0 Å². The van der Waals surface area contributed by atoms with Crippen LogP contribution in [-0.2, 0) is 0 Å².